The number of likely N-dealkylation sites (tertiary alicyclic amines) is 1. The molecule has 1 heterocycles. The number of para-hydroxylation sites is 1. The van der Waals surface area contributed by atoms with Gasteiger partial charge in [-0.05, 0) is 56.0 Å². The first-order valence-corrected chi connectivity index (χ1v) is 12.3. The molecule has 0 spiro atoms. The average molecular weight is 464 g/mol. The molecule has 0 radical (unpaired) electrons. The quantitative estimate of drug-likeness (QED) is 0.707. The first-order valence-electron chi connectivity index (χ1n) is 10.1. The predicted molar refractivity (Wildman–Crippen MR) is 123 cm³/mol. The highest BCUT2D eigenvalue weighted by Gasteiger charge is 2.25. The van der Waals surface area contributed by atoms with Crippen LogP contribution >= 0.6 is 11.6 Å². The van der Waals surface area contributed by atoms with E-state index >= 15 is 0 Å². The van der Waals surface area contributed by atoms with E-state index in [4.69, 9.17) is 11.6 Å². The number of carbonyl (C=O) groups is 2. The molecule has 0 atom stereocenters. The summed E-state index contributed by atoms with van der Waals surface area (Å²) in [6.45, 7) is 2.64. The number of piperidine rings is 1. The average Bonchev–Trinajstić information content (AvgIpc) is 2.74. The number of rotatable bonds is 6. The summed E-state index contributed by atoms with van der Waals surface area (Å²) in [7, 11) is -3.75. The molecule has 2 aromatic rings. The highest BCUT2D eigenvalue weighted by Crippen LogP contribution is 2.28. The number of nitrogens with zero attached hydrogens (tertiary/aromatic N) is 2. The van der Waals surface area contributed by atoms with Crippen LogP contribution in [0.25, 0.3) is 0 Å². The number of sulfonamides is 1. The summed E-state index contributed by atoms with van der Waals surface area (Å²) in [4.78, 5) is 27.5. The van der Waals surface area contributed by atoms with Crippen LogP contribution in [-0.4, -0.2) is 51.0 Å². The standard InChI is InChI=1S/C22H26ClN3O4S/c1-16-18(23)10-8-12-20(16)26(31(2,29)30)15-21(27)24-19-11-5-4-9-17(19)22(28)25-13-6-3-7-14-25/h4-5,8-12H,3,6-7,13-15H2,1-2H3,(H,24,27). The van der Waals surface area contributed by atoms with Crippen molar-refractivity contribution in [3.8, 4) is 0 Å². The third kappa shape index (κ3) is 5.57. The Balaban J connectivity index is 1.82. The lowest BCUT2D eigenvalue weighted by atomic mass is 10.1. The summed E-state index contributed by atoms with van der Waals surface area (Å²) in [6.07, 6.45) is 4.06. The van der Waals surface area contributed by atoms with Gasteiger partial charge in [0.2, 0.25) is 15.9 Å². The van der Waals surface area contributed by atoms with Crippen LogP contribution in [0, 0.1) is 6.92 Å². The highest BCUT2D eigenvalue weighted by molar-refractivity contribution is 7.92. The van der Waals surface area contributed by atoms with E-state index < -0.39 is 22.5 Å². The Morgan fingerprint density at radius 2 is 1.74 bits per heavy atom. The Bertz CT molecular complexity index is 1080. The largest absolute Gasteiger partial charge is 0.339 e. The lowest BCUT2D eigenvalue weighted by molar-refractivity contribution is -0.114. The predicted octanol–water partition coefficient (Wildman–Crippen LogP) is 3.68. The molecule has 0 saturated carbocycles. The molecule has 9 heteroatoms. The summed E-state index contributed by atoms with van der Waals surface area (Å²) in [6, 6.07) is 11.7. The number of hydrogen-bond donors (Lipinski definition) is 1. The van der Waals surface area contributed by atoms with Gasteiger partial charge in [-0.25, -0.2) is 8.42 Å². The molecule has 3 rings (SSSR count). The molecule has 166 valence electrons. The molecule has 2 aromatic carbocycles. The van der Waals surface area contributed by atoms with Crippen LogP contribution in [0.4, 0.5) is 11.4 Å². The second kappa shape index (κ2) is 9.70. The molecule has 0 unspecified atom stereocenters. The van der Waals surface area contributed by atoms with Gasteiger partial charge in [-0.3, -0.25) is 13.9 Å². The highest BCUT2D eigenvalue weighted by atomic mass is 35.5. The van der Waals surface area contributed by atoms with Crippen LogP contribution < -0.4 is 9.62 Å². The van der Waals surface area contributed by atoms with E-state index in [0.29, 0.717) is 40.6 Å². The zero-order valence-corrected chi connectivity index (χ0v) is 19.2. The summed E-state index contributed by atoms with van der Waals surface area (Å²) in [5.74, 6) is -0.690. The van der Waals surface area contributed by atoms with Crippen LogP contribution in [0.5, 0.6) is 0 Å². The van der Waals surface area contributed by atoms with Gasteiger partial charge in [0.25, 0.3) is 5.91 Å². The maximum atomic E-state index is 12.9. The summed E-state index contributed by atoms with van der Waals surface area (Å²) < 4.78 is 25.8. The van der Waals surface area contributed by atoms with Crippen LogP contribution in [0.1, 0.15) is 35.2 Å². The van der Waals surface area contributed by atoms with E-state index in [0.717, 1.165) is 29.8 Å². The minimum atomic E-state index is -3.75. The second-order valence-electron chi connectivity index (χ2n) is 7.60. The molecule has 2 amide bonds. The molecule has 0 aliphatic carbocycles. The first kappa shape index (κ1) is 23.1. The smallest absolute Gasteiger partial charge is 0.255 e. The van der Waals surface area contributed by atoms with Crippen molar-refractivity contribution >= 4 is 44.8 Å². The van der Waals surface area contributed by atoms with E-state index in [9.17, 15) is 18.0 Å². The fraction of sp³-hybridized carbons (Fsp3) is 0.364. The first-order chi connectivity index (χ1) is 14.7. The Morgan fingerprint density at radius 3 is 2.42 bits per heavy atom. The van der Waals surface area contributed by atoms with Crippen molar-refractivity contribution < 1.29 is 18.0 Å². The Kier molecular flexibility index (Phi) is 7.23. The van der Waals surface area contributed by atoms with E-state index in [-0.39, 0.29) is 5.91 Å². The van der Waals surface area contributed by atoms with Gasteiger partial charge in [0.15, 0.2) is 0 Å². The van der Waals surface area contributed by atoms with Crippen molar-refractivity contribution in [3.63, 3.8) is 0 Å². The minimum Gasteiger partial charge on any atom is -0.339 e. The topological polar surface area (TPSA) is 86.8 Å². The number of amides is 2. The molecule has 1 aliphatic heterocycles. The summed E-state index contributed by atoms with van der Waals surface area (Å²) in [5.41, 5.74) is 1.65. The lowest BCUT2D eigenvalue weighted by Gasteiger charge is -2.28. The van der Waals surface area contributed by atoms with Crippen LogP contribution in [0.2, 0.25) is 5.02 Å². The van der Waals surface area contributed by atoms with Gasteiger partial charge in [0, 0.05) is 18.1 Å². The van der Waals surface area contributed by atoms with Crippen molar-refractivity contribution in [2.75, 3.05) is 35.5 Å². The molecule has 1 N–H and O–H groups in total. The van der Waals surface area contributed by atoms with Gasteiger partial charge in [-0.2, -0.15) is 0 Å². The van der Waals surface area contributed by atoms with Crippen LogP contribution in [-0.2, 0) is 14.8 Å². The molecular formula is C22H26ClN3O4S. The van der Waals surface area contributed by atoms with E-state index in [1.165, 1.54) is 0 Å². The molecule has 1 fully saturated rings. The van der Waals surface area contributed by atoms with Gasteiger partial charge in [0.1, 0.15) is 6.54 Å². The number of nitrogens with one attached hydrogen (secondary N) is 1. The molecule has 7 nitrogen and oxygen atoms in total. The maximum Gasteiger partial charge on any atom is 0.255 e. The molecule has 31 heavy (non-hydrogen) atoms. The molecule has 0 aromatic heterocycles. The van der Waals surface area contributed by atoms with Crippen molar-refractivity contribution in [1.29, 1.82) is 0 Å². The Labute approximate surface area is 188 Å². The second-order valence-corrected chi connectivity index (χ2v) is 9.91. The SMILES string of the molecule is Cc1c(Cl)cccc1N(CC(=O)Nc1ccccc1C(=O)N1CCCCC1)S(C)(=O)=O. The maximum absolute atomic E-state index is 12.9. The van der Waals surface area contributed by atoms with Gasteiger partial charge in [0.05, 0.1) is 23.2 Å². The number of anilines is 2. The van der Waals surface area contributed by atoms with Gasteiger partial charge >= 0.3 is 0 Å². The van der Waals surface area contributed by atoms with Crippen molar-refractivity contribution in [3.05, 3.63) is 58.6 Å². The minimum absolute atomic E-state index is 0.138. The summed E-state index contributed by atoms with van der Waals surface area (Å²) >= 11 is 6.14. The van der Waals surface area contributed by atoms with Crippen LogP contribution in [0.15, 0.2) is 42.5 Å². The number of hydrogen-bond acceptors (Lipinski definition) is 4. The third-order valence-corrected chi connectivity index (χ3v) is 6.81. The lowest BCUT2D eigenvalue weighted by Crippen LogP contribution is -2.39. The summed E-state index contributed by atoms with van der Waals surface area (Å²) in [5, 5.41) is 3.12. The zero-order valence-electron chi connectivity index (χ0n) is 17.6. The fourth-order valence-electron chi connectivity index (χ4n) is 3.61. The van der Waals surface area contributed by atoms with Gasteiger partial charge in [-0.1, -0.05) is 29.8 Å². The van der Waals surface area contributed by atoms with Crippen molar-refractivity contribution in [1.82, 2.24) is 4.90 Å². The molecular weight excluding hydrogens is 438 g/mol. The number of benzene rings is 2. The van der Waals surface area contributed by atoms with E-state index in [1.807, 2.05) is 0 Å². The monoisotopic (exact) mass is 463 g/mol. The molecule has 1 aliphatic rings. The molecule has 0 bridgehead atoms. The van der Waals surface area contributed by atoms with Gasteiger partial charge in [-0.15, -0.1) is 0 Å². The van der Waals surface area contributed by atoms with Crippen molar-refractivity contribution in [2.45, 2.75) is 26.2 Å². The fourth-order valence-corrected chi connectivity index (χ4v) is 4.69. The Morgan fingerprint density at radius 1 is 1.06 bits per heavy atom. The van der Waals surface area contributed by atoms with E-state index in [1.54, 1.807) is 54.3 Å². The number of halogens is 1. The van der Waals surface area contributed by atoms with E-state index in [2.05, 4.69) is 5.32 Å². The molecule has 1 saturated heterocycles. The van der Waals surface area contributed by atoms with Crippen LogP contribution in [0.3, 0.4) is 0 Å². The number of carbonyl (C=O) groups excluding carboxylic acids is 2. The Hall–Kier alpha value is -2.58. The van der Waals surface area contributed by atoms with Crippen molar-refractivity contribution in [2.24, 2.45) is 0 Å². The third-order valence-electron chi connectivity index (χ3n) is 5.27. The van der Waals surface area contributed by atoms with Gasteiger partial charge < -0.3 is 10.2 Å². The normalized spacial score (nSPS) is 14.2. The zero-order chi connectivity index (χ0) is 22.6.